The highest BCUT2D eigenvalue weighted by molar-refractivity contribution is 5.45. The fourth-order valence-corrected chi connectivity index (χ4v) is 1.31. The first-order chi connectivity index (χ1) is 7.44. The molecule has 0 amide bonds. The minimum Gasteiger partial charge on any atom is -0.385 e. The normalized spacial score (nSPS) is 11.6. The molecule has 0 aliphatic rings. The molecule has 0 unspecified atom stereocenters. The van der Waals surface area contributed by atoms with Crippen LogP contribution >= 0.6 is 0 Å². The lowest BCUT2D eigenvalue weighted by atomic mass is 10.1. The van der Waals surface area contributed by atoms with Crippen LogP contribution in [0.2, 0.25) is 0 Å². The van der Waals surface area contributed by atoms with Gasteiger partial charge in [0.25, 0.3) is 0 Å². The van der Waals surface area contributed by atoms with Gasteiger partial charge in [-0.3, -0.25) is 0 Å². The molecule has 0 heterocycles. The summed E-state index contributed by atoms with van der Waals surface area (Å²) < 4.78 is 18.5. The molecule has 16 heavy (non-hydrogen) atoms. The van der Waals surface area contributed by atoms with Gasteiger partial charge in [0.15, 0.2) is 0 Å². The minimum atomic E-state index is -0.170. The van der Waals surface area contributed by atoms with Crippen LogP contribution in [0.3, 0.4) is 0 Å². The Hall–Kier alpha value is -1.09. The van der Waals surface area contributed by atoms with Crippen molar-refractivity contribution in [1.29, 1.82) is 0 Å². The lowest BCUT2D eigenvalue weighted by Crippen LogP contribution is -2.25. The number of benzene rings is 1. The van der Waals surface area contributed by atoms with Crippen LogP contribution in [0.15, 0.2) is 18.2 Å². The Labute approximate surface area is 96.8 Å². The summed E-state index contributed by atoms with van der Waals surface area (Å²) in [4.78, 5) is 0. The minimum absolute atomic E-state index is 0.143. The van der Waals surface area contributed by atoms with Gasteiger partial charge >= 0.3 is 0 Å². The number of anilines is 1. The zero-order valence-electron chi connectivity index (χ0n) is 10.4. The number of aryl methyl sites for hydroxylation is 1. The van der Waals surface area contributed by atoms with Crippen LogP contribution in [-0.2, 0) is 4.74 Å². The predicted molar refractivity (Wildman–Crippen MR) is 65.3 cm³/mol. The predicted octanol–water partition coefficient (Wildman–Crippen LogP) is 3.36. The molecule has 1 rings (SSSR count). The van der Waals surface area contributed by atoms with Crippen molar-refractivity contribution >= 4 is 5.69 Å². The van der Waals surface area contributed by atoms with E-state index in [4.69, 9.17) is 4.74 Å². The monoisotopic (exact) mass is 225 g/mol. The van der Waals surface area contributed by atoms with E-state index in [0.717, 1.165) is 18.7 Å². The quantitative estimate of drug-likeness (QED) is 0.829. The smallest absolute Gasteiger partial charge is 0.128 e. The Balaban J connectivity index is 2.46. The zero-order chi connectivity index (χ0) is 12.2. The summed E-state index contributed by atoms with van der Waals surface area (Å²) in [6, 6.07) is 5.19. The maximum absolute atomic E-state index is 13.2. The highest BCUT2D eigenvalue weighted by Gasteiger charge is 2.15. The van der Waals surface area contributed by atoms with Gasteiger partial charge in [0.05, 0.1) is 5.60 Å². The molecular formula is C13H20FNO. The fraction of sp³-hybridized carbons (Fsp3) is 0.538. The first-order valence-electron chi connectivity index (χ1n) is 5.50. The van der Waals surface area contributed by atoms with E-state index in [2.05, 4.69) is 5.32 Å². The lowest BCUT2D eigenvalue weighted by Gasteiger charge is -2.23. The van der Waals surface area contributed by atoms with E-state index in [-0.39, 0.29) is 11.4 Å². The van der Waals surface area contributed by atoms with Crippen molar-refractivity contribution in [3.8, 4) is 0 Å². The molecule has 2 nitrogen and oxygen atoms in total. The third kappa shape index (κ3) is 3.81. The highest BCUT2D eigenvalue weighted by Crippen LogP contribution is 2.16. The van der Waals surface area contributed by atoms with Crippen LogP contribution in [-0.4, -0.2) is 19.3 Å². The molecule has 90 valence electrons. The summed E-state index contributed by atoms with van der Waals surface area (Å²) in [6.45, 7) is 6.59. The number of hydrogen-bond donors (Lipinski definition) is 1. The van der Waals surface area contributed by atoms with E-state index in [0.29, 0.717) is 5.56 Å². The standard InChI is InChI=1S/C13H20FNO/c1-10-5-6-11(9-12(10)14)15-8-7-13(2,3)16-4/h5-6,9,15H,7-8H2,1-4H3. The van der Waals surface area contributed by atoms with Crippen molar-refractivity contribution in [2.45, 2.75) is 32.8 Å². The molecule has 1 aromatic carbocycles. The van der Waals surface area contributed by atoms with Gasteiger partial charge in [-0.05, 0) is 44.9 Å². The van der Waals surface area contributed by atoms with Crippen molar-refractivity contribution in [2.75, 3.05) is 19.0 Å². The van der Waals surface area contributed by atoms with Gasteiger partial charge in [-0.1, -0.05) is 6.07 Å². The molecule has 0 fully saturated rings. The Morgan fingerprint density at radius 2 is 2.06 bits per heavy atom. The second-order valence-electron chi connectivity index (χ2n) is 4.60. The molecule has 0 atom stereocenters. The van der Waals surface area contributed by atoms with Crippen LogP contribution in [0.1, 0.15) is 25.8 Å². The molecule has 0 radical (unpaired) electrons. The SMILES string of the molecule is COC(C)(C)CCNc1ccc(C)c(F)c1. The zero-order valence-corrected chi connectivity index (χ0v) is 10.4. The highest BCUT2D eigenvalue weighted by atomic mass is 19.1. The van der Waals surface area contributed by atoms with Crippen molar-refractivity contribution in [3.63, 3.8) is 0 Å². The first-order valence-corrected chi connectivity index (χ1v) is 5.50. The summed E-state index contributed by atoms with van der Waals surface area (Å²) in [6.07, 6.45) is 0.874. The Kier molecular flexibility index (Phi) is 4.30. The number of halogens is 1. The maximum atomic E-state index is 13.2. The topological polar surface area (TPSA) is 21.3 Å². The van der Waals surface area contributed by atoms with Crippen molar-refractivity contribution in [1.82, 2.24) is 0 Å². The van der Waals surface area contributed by atoms with Crippen LogP contribution in [0, 0.1) is 12.7 Å². The second-order valence-corrected chi connectivity index (χ2v) is 4.60. The molecule has 1 aromatic rings. The van der Waals surface area contributed by atoms with E-state index in [9.17, 15) is 4.39 Å². The van der Waals surface area contributed by atoms with Gasteiger partial charge < -0.3 is 10.1 Å². The van der Waals surface area contributed by atoms with E-state index in [1.165, 1.54) is 6.07 Å². The van der Waals surface area contributed by atoms with E-state index in [1.807, 2.05) is 19.9 Å². The van der Waals surface area contributed by atoms with Gasteiger partial charge in [0.1, 0.15) is 5.82 Å². The molecule has 0 saturated carbocycles. The molecule has 0 aliphatic carbocycles. The van der Waals surface area contributed by atoms with Gasteiger partial charge in [-0.25, -0.2) is 4.39 Å². The summed E-state index contributed by atoms with van der Waals surface area (Å²) in [5, 5.41) is 3.18. The fourth-order valence-electron chi connectivity index (χ4n) is 1.31. The largest absolute Gasteiger partial charge is 0.385 e. The summed E-state index contributed by atoms with van der Waals surface area (Å²) >= 11 is 0. The maximum Gasteiger partial charge on any atom is 0.128 e. The third-order valence-corrected chi connectivity index (χ3v) is 2.78. The third-order valence-electron chi connectivity index (χ3n) is 2.78. The van der Waals surface area contributed by atoms with Crippen LogP contribution in [0.25, 0.3) is 0 Å². The Morgan fingerprint density at radius 3 is 2.62 bits per heavy atom. The van der Waals surface area contributed by atoms with Crippen LogP contribution < -0.4 is 5.32 Å². The molecular weight excluding hydrogens is 205 g/mol. The Morgan fingerprint density at radius 1 is 1.38 bits per heavy atom. The average Bonchev–Trinajstić information content (AvgIpc) is 2.23. The van der Waals surface area contributed by atoms with Gasteiger partial charge in [0.2, 0.25) is 0 Å². The lowest BCUT2D eigenvalue weighted by molar-refractivity contribution is 0.0185. The summed E-state index contributed by atoms with van der Waals surface area (Å²) in [5.74, 6) is -0.170. The number of nitrogens with one attached hydrogen (secondary N) is 1. The van der Waals surface area contributed by atoms with Crippen LogP contribution in [0.4, 0.5) is 10.1 Å². The number of hydrogen-bond acceptors (Lipinski definition) is 2. The summed E-state index contributed by atoms with van der Waals surface area (Å²) in [7, 11) is 1.70. The van der Waals surface area contributed by atoms with Crippen molar-refractivity contribution in [3.05, 3.63) is 29.6 Å². The van der Waals surface area contributed by atoms with E-state index >= 15 is 0 Å². The number of ether oxygens (including phenoxy) is 1. The summed E-state index contributed by atoms with van der Waals surface area (Å²) in [5.41, 5.74) is 1.34. The molecule has 1 N–H and O–H groups in total. The van der Waals surface area contributed by atoms with Crippen LogP contribution in [0.5, 0.6) is 0 Å². The number of methoxy groups -OCH3 is 1. The molecule has 0 saturated heterocycles. The first kappa shape index (κ1) is 13.0. The molecule has 0 aromatic heterocycles. The van der Waals surface area contributed by atoms with E-state index in [1.54, 1.807) is 20.1 Å². The van der Waals surface area contributed by atoms with Gasteiger partial charge in [0, 0.05) is 19.3 Å². The molecule has 0 spiro atoms. The van der Waals surface area contributed by atoms with Gasteiger partial charge in [-0.2, -0.15) is 0 Å². The molecule has 0 aliphatic heterocycles. The average molecular weight is 225 g/mol. The molecule has 0 bridgehead atoms. The molecule has 3 heteroatoms. The van der Waals surface area contributed by atoms with Gasteiger partial charge in [-0.15, -0.1) is 0 Å². The Bertz CT molecular complexity index is 350. The number of rotatable bonds is 5. The van der Waals surface area contributed by atoms with Crippen molar-refractivity contribution in [2.24, 2.45) is 0 Å². The second kappa shape index (κ2) is 5.30. The van der Waals surface area contributed by atoms with E-state index < -0.39 is 0 Å². The van der Waals surface area contributed by atoms with Crippen molar-refractivity contribution < 1.29 is 9.13 Å².